The number of carbonyl (C=O) groups is 2. The minimum Gasteiger partial charge on any atom is -0.481 e. The van der Waals surface area contributed by atoms with Crippen molar-refractivity contribution in [3.8, 4) is 0 Å². The number of amides is 2. The number of carboxylic acid groups (broad SMARTS) is 1. The molecule has 21 heavy (non-hydrogen) atoms. The van der Waals surface area contributed by atoms with Crippen molar-refractivity contribution >= 4 is 39.1 Å². The van der Waals surface area contributed by atoms with Gasteiger partial charge in [0.1, 0.15) is 0 Å². The number of carbonyl (C=O) groups excluding carboxylic acids is 1. The second kappa shape index (κ2) is 7.08. The van der Waals surface area contributed by atoms with Crippen molar-refractivity contribution in [3.05, 3.63) is 29.6 Å². The molecular weight excluding hydrogens is 288 g/mol. The van der Waals surface area contributed by atoms with Crippen LogP contribution in [0.5, 0.6) is 0 Å². The molecule has 3 N–H and O–H groups in total. The van der Waals surface area contributed by atoms with E-state index < -0.39 is 11.9 Å². The van der Waals surface area contributed by atoms with Crippen LogP contribution >= 0.6 is 11.3 Å². The Morgan fingerprint density at radius 1 is 1.33 bits per heavy atom. The molecule has 2 amide bonds. The first kappa shape index (κ1) is 15.3. The molecule has 0 aliphatic heterocycles. The lowest BCUT2D eigenvalue weighted by Gasteiger charge is -2.13. The summed E-state index contributed by atoms with van der Waals surface area (Å²) >= 11 is 1.64. The molecule has 0 saturated heterocycles. The monoisotopic (exact) mass is 306 g/mol. The average Bonchev–Trinajstić information content (AvgIpc) is 2.90. The first-order chi connectivity index (χ1) is 10.1. The molecule has 0 bridgehead atoms. The van der Waals surface area contributed by atoms with Gasteiger partial charge in [0.15, 0.2) is 0 Å². The molecule has 1 atom stereocenters. The zero-order valence-corrected chi connectivity index (χ0v) is 12.6. The molecule has 2 aromatic rings. The van der Waals surface area contributed by atoms with Gasteiger partial charge in [0, 0.05) is 16.9 Å². The van der Waals surface area contributed by atoms with Crippen molar-refractivity contribution in [2.45, 2.75) is 19.8 Å². The van der Waals surface area contributed by atoms with Gasteiger partial charge >= 0.3 is 12.0 Å². The highest BCUT2D eigenvalue weighted by Gasteiger charge is 2.17. The van der Waals surface area contributed by atoms with E-state index in [2.05, 4.69) is 10.6 Å². The van der Waals surface area contributed by atoms with Crippen LogP contribution in [0.25, 0.3) is 10.1 Å². The Morgan fingerprint density at radius 2 is 2.14 bits per heavy atom. The van der Waals surface area contributed by atoms with Crippen LogP contribution in [-0.2, 0) is 4.79 Å². The topological polar surface area (TPSA) is 78.4 Å². The summed E-state index contributed by atoms with van der Waals surface area (Å²) in [6.07, 6.45) is 1.32. The molecule has 5 nitrogen and oxygen atoms in total. The lowest BCUT2D eigenvalue weighted by atomic mass is 10.0. The zero-order chi connectivity index (χ0) is 15.2. The molecule has 0 saturated carbocycles. The standard InChI is InChI=1S/C15H18N2O3S/c1-2-3-11(14(18)19)9-16-15(20)17-12-4-5-13-10(8-12)6-7-21-13/h4-8,11H,2-3,9H2,1H3,(H,18,19)(H2,16,17,20). The molecule has 0 aliphatic rings. The summed E-state index contributed by atoms with van der Waals surface area (Å²) in [7, 11) is 0. The number of rotatable bonds is 6. The fourth-order valence-electron chi connectivity index (χ4n) is 2.10. The lowest BCUT2D eigenvalue weighted by Crippen LogP contribution is -2.35. The highest BCUT2D eigenvalue weighted by molar-refractivity contribution is 7.17. The number of urea groups is 1. The van der Waals surface area contributed by atoms with Gasteiger partial charge in [-0.15, -0.1) is 11.3 Å². The second-order valence-electron chi connectivity index (χ2n) is 4.83. The molecule has 6 heteroatoms. The Labute approximate surface area is 127 Å². The highest BCUT2D eigenvalue weighted by Crippen LogP contribution is 2.23. The predicted octanol–water partition coefficient (Wildman–Crippen LogP) is 3.52. The molecular formula is C15H18N2O3S. The predicted molar refractivity (Wildman–Crippen MR) is 84.9 cm³/mol. The third-order valence-electron chi connectivity index (χ3n) is 3.21. The van der Waals surface area contributed by atoms with Crippen LogP contribution < -0.4 is 10.6 Å². The van der Waals surface area contributed by atoms with Gasteiger partial charge in [0.25, 0.3) is 0 Å². The number of benzene rings is 1. The number of anilines is 1. The summed E-state index contributed by atoms with van der Waals surface area (Å²) in [6, 6.07) is 7.29. The molecule has 112 valence electrons. The molecule has 2 rings (SSSR count). The van der Waals surface area contributed by atoms with E-state index in [0.29, 0.717) is 12.1 Å². The summed E-state index contributed by atoms with van der Waals surface area (Å²) in [6.45, 7) is 2.06. The number of carboxylic acids is 1. The van der Waals surface area contributed by atoms with Gasteiger partial charge in [-0.25, -0.2) is 4.79 Å². The van der Waals surface area contributed by atoms with Crippen molar-refractivity contribution in [1.29, 1.82) is 0 Å². The van der Waals surface area contributed by atoms with Crippen molar-refractivity contribution in [2.24, 2.45) is 5.92 Å². The van der Waals surface area contributed by atoms with Gasteiger partial charge in [-0.05, 0) is 41.5 Å². The molecule has 0 fully saturated rings. The fraction of sp³-hybridized carbons (Fsp3) is 0.333. The summed E-state index contributed by atoms with van der Waals surface area (Å²) in [5.74, 6) is -1.42. The van der Waals surface area contributed by atoms with Crippen molar-refractivity contribution in [1.82, 2.24) is 5.32 Å². The van der Waals surface area contributed by atoms with Crippen molar-refractivity contribution in [2.75, 3.05) is 11.9 Å². The molecule has 0 radical (unpaired) electrons. The van der Waals surface area contributed by atoms with Crippen LogP contribution in [-0.4, -0.2) is 23.7 Å². The lowest BCUT2D eigenvalue weighted by molar-refractivity contribution is -0.141. The van der Waals surface area contributed by atoms with E-state index in [-0.39, 0.29) is 12.6 Å². The van der Waals surface area contributed by atoms with Crippen LogP contribution in [0.1, 0.15) is 19.8 Å². The summed E-state index contributed by atoms with van der Waals surface area (Å²) in [5.41, 5.74) is 0.695. The van der Waals surface area contributed by atoms with E-state index in [9.17, 15) is 9.59 Å². The summed E-state index contributed by atoms with van der Waals surface area (Å²) in [4.78, 5) is 22.8. The Hall–Kier alpha value is -2.08. The van der Waals surface area contributed by atoms with E-state index in [0.717, 1.165) is 16.5 Å². The largest absolute Gasteiger partial charge is 0.481 e. The van der Waals surface area contributed by atoms with Gasteiger partial charge in [-0.2, -0.15) is 0 Å². The Morgan fingerprint density at radius 3 is 2.86 bits per heavy atom. The number of hydrogen-bond acceptors (Lipinski definition) is 3. The van der Waals surface area contributed by atoms with Gasteiger partial charge < -0.3 is 15.7 Å². The normalized spacial score (nSPS) is 12.0. The Balaban J connectivity index is 1.90. The maximum absolute atomic E-state index is 11.8. The van der Waals surface area contributed by atoms with Crippen molar-refractivity contribution < 1.29 is 14.7 Å². The molecule has 1 unspecified atom stereocenters. The highest BCUT2D eigenvalue weighted by atomic mass is 32.1. The quantitative estimate of drug-likeness (QED) is 0.764. The maximum atomic E-state index is 11.8. The first-order valence-corrected chi connectivity index (χ1v) is 7.73. The third-order valence-corrected chi connectivity index (χ3v) is 4.10. The Bertz CT molecular complexity index is 639. The van der Waals surface area contributed by atoms with Crippen LogP contribution in [0, 0.1) is 5.92 Å². The van der Waals surface area contributed by atoms with Crippen LogP contribution in [0.3, 0.4) is 0 Å². The number of fused-ring (bicyclic) bond motifs is 1. The molecule has 1 heterocycles. The third kappa shape index (κ3) is 4.19. The number of nitrogens with one attached hydrogen (secondary N) is 2. The number of aliphatic carboxylic acids is 1. The Kier molecular flexibility index (Phi) is 5.16. The molecule has 0 aliphatic carbocycles. The SMILES string of the molecule is CCCC(CNC(=O)Nc1ccc2sccc2c1)C(=O)O. The fourth-order valence-corrected chi connectivity index (χ4v) is 2.87. The zero-order valence-electron chi connectivity index (χ0n) is 11.8. The first-order valence-electron chi connectivity index (χ1n) is 6.85. The molecule has 1 aromatic heterocycles. The van der Waals surface area contributed by atoms with Crippen LogP contribution in [0.15, 0.2) is 29.6 Å². The van der Waals surface area contributed by atoms with E-state index in [1.54, 1.807) is 11.3 Å². The van der Waals surface area contributed by atoms with E-state index in [1.165, 1.54) is 0 Å². The van der Waals surface area contributed by atoms with E-state index in [4.69, 9.17) is 5.11 Å². The van der Waals surface area contributed by atoms with Crippen LogP contribution in [0.4, 0.5) is 10.5 Å². The van der Waals surface area contributed by atoms with E-state index in [1.807, 2.05) is 36.6 Å². The van der Waals surface area contributed by atoms with Gasteiger partial charge in [-0.3, -0.25) is 4.79 Å². The summed E-state index contributed by atoms with van der Waals surface area (Å²) in [5, 5.41) is 17.4. The van der Waals surface area contributed by atoms with Gasteiger partial charge in [0.2, 0.25) is 0 Å². The number of thiophene rings is 1. The summed E-state index contributed by atoms with van der Waals surface area (Å²) < 4.78 is 1.16. The second-order valence-corrected chi connectivity index (χ2v) is 5.78. The van der Waals surface area contributed by atoms with Gasteiger partial charge in [0.05, 0.1) is 5.92 Å². The van der Waals surface area contributed by atoms with E-state index >= 15 is 0 Å². The maximum Gasteiger partial charge on any atom is 0.319 e. The molecule has 0 spiro atoms. The average molecular weight is 306 g/mol. The van der Waals surface area contributed by atoms with Crippen LogP contribution in [0.2, 0.25) is 0 Å². The van der Waals surface area contributed by atoms with Crippen molar-refractivity contribution in [3.63, 3.8) is 0 Å². The van der Waals surface area contributed by atoms with Gasteiger partial charge in [-0.1, -0.05) is 13.3 Å². The number of hydrogen-bond donors (Lipinski definition) is 3. The minimum atomic E-state index is -0.878. The smallest absolute Gasteiger partial charge is 0.319 e. The molecule has 1 aromatic carbocycles. The minimum absolute atomic E-state index is 0.135.